The average Bonchev–Trinajstić information content (AvgIpc) is 3.18. The Morgan fingerprint density at radius 2 is 1.72 bits per heavy atom. The maximum Gasteiger partial charge on any atom is 0.203 e. The number of hydrogen-bond acceptors (Lipinski definition) is 6. The Morgan fingerprint density at radius 3 is 2.38 bits per heavy atom. The van der Waals surface area contributed by atoms with Gasteiger partial charge < -0.3 is 19.5 Å². The van der Waals surface area contributed by atoms with Crippen LogP contribution < -0.4 is 19.5 Å². The molecule has 2 heterocycles. The molecule has 0 radical (unpaired) electrons. The van der Waals surface area contributed by atoms with Crippen LogP contribution in [0.4, 0.5) is 15.9 Å². The number of benzene rings is 2. The van der Waals surface area contributed by atoms with E-state index in [9.17, 15) is 4.39 Å². The van der Waals surface area contributed by atoms with E-state index >= 15 is 0 Å². The number of halogens is 1. The van der Waals surface area contributed by atoms with Gasteiger partial charge in [0.15, 0.2) is 23.0 Å². The number of fused-ring (bicyclic) bond motifs is 1. The first-order chi connectivity index (χ1) is 14.1. The number of nitrogens with zero attached hydrogens (tertiary/aromatic N) is 3. The third-order valence-corrected chi connectivity index (χ3v) is 4.48. The van der Waals surface area contributed by atoms with Crippen molar-refractivity contribution in [1.82, 2.24) is 14.4 Å². The van der Waals surface area contributed by atoms with Crippen LogP contribution in [-0.4, -0.2) is 35.7 Å². The van der Waals surface area contributed by atoms with Crippen LogP contribution in [0.25, 0.3) is 16.9 Å². The van der Waals surface area contributed by atoms with Gasteiger partial charge in [0.25, 0.3) is 0 Å². The fourth-order valence-corrected chi connectivity index (χ4v) is 3.16. The minimum Gasteiger partial charge on any atom is -0.493 e. The molecular formula is C21H19FN4O3. The van der Waals surface area contributed by atoms with E-state index in [1.54, 1.807) is 58.1 Å². The lowest BCUT2D eigenvalue weighted by molar-refractivity contribution is 0.324. The van der Waals surface area contributed by atoms with Crippen LogP contribution in [-0.2, 0) is 0 Å². The van der Waals surface area contributed by atoms with Gasteiger partial charge in [-0.15, -0.1) is 0 Å². The second-order valence-corrected chi connectivity index (χ2v) is 6.16. The van der Waals surface area contributed by atoms with Crippen LogP contribution in [0.2, 0.25) is 0 Å². The molecule has 2 aromatic heterocycles. The Hall–Kier alpha value is -3.81. The van der Waals surface area contributed by atoms with Crippen molar-refractivity contribution >= 4 is 17.2 Å². The van der Waals surface area contributed by atoms with Crippen molar-refractivity contribution in [3.8, 4) is 28.5 Å². The molecule has 0 aliphatic carbocycles. The van der Waals surface area contributed by atoms with E-state index in [1.165, 1.54) is 12.1 Å². The zero-order valence-electron chi connectivity index (χ0n) is 16.1. The Labute approximate surface area is 166 Å². The maximum atomic E-state index is 13.6. The molecule has 0 fully saturated rings. The summed E-state index contributed by atoms with van der Waals surface area (Å²) >= 11 is 0. The summed E-state index contributed by atoms with van der Waals surface area (Å²) in [5, 5.41) is 3.24. The van der Waals surface area contributed by atoms with E-state index < -0.39 is 0 Å². The maximum absolute atomic E-state index is 13.6. The van der Waals surface area contributed by atoms with Gasteiger partial charge in [0.2, 0.25) is 5.75 Å². The Morgan fingerprint density at radius 1 is 0.966 bits per heavy atom. The molecule has 4 rings (SSSR count). The van der Waals surface area contributed by atoms with E-state index in [0.29, 0.717) is 34.4 Å². The van der Waals surface area contributed by atoms with Crippen LogP contribution in [0.3, 0.4) is 0 Å². The summed E-state index contributed by atoms with van der Waals surface area (Å²) in [5.41, 5.74) is 2.77. The highest BCUT2D eigenvalue weighted by molar-refractivity contribution is 5.76. The fourth-order valence-electron chi connectivity index (χ4n) is 3.16. The fraction of sp³-hybridized carbons (Fsp3) is 0.143. The molecule has 2 aromatic carbocycles. The zero-order valence-corrected chi connectivity index (χ0v) is 16.1. The molecule has 4 aromatic rings. The van der Waals surface area contributed by atoms with E-state index in [2.05, 4.69) is 15.3 Å². The first kappa shape index (κ1) is 18.5. The molecule has 0 aliphatic rings. The number of imidazole rings is 1. The molecule has 0 spiro atoms. The lowest BCUT2D eigenvalue weighted by atomic mass is 10.1. The molecule has 7 nitrogen and oxygen atoms in total. The van der Waals surface area contributed by atoms with Crippen molar-refractivity contribution in [3.63, 3.8) is 0 Å². The Balaban J connectivity index is 1.76. The number of nitrogens with one attached hydrogen (secondary N) is 1. The molecule has 0 saturated carbocycles. The molecule has 0 unspecified atom stereocenters. The molecule has 148 valence electrons. The summed E-state index contributed by atoms with van der Waals surface area (Å²) < 4.78 is 31.6. The Kier molecular flexibility index (Phi) is 4.90. The van der Waals surface area contributed by atoms with E-state index in [0.717, 1.165) is 11.3 Å². The zero-order chi connectivity index (χ0) is 20.4. The van der Waals surface area contributed by atoms with E-state index in [-0.39, 0.29) is 5.82 Å². The predicted molar refractivity (Wildman–Crippen MR) is 108 cm³/mol. The van der Waals surface area contributed by atoms with Gasteiger partial charge in [-0.25, -0.2) is 14.4 Å². The summed E-state index contributed by atoms with van der Waals surface area (Å²) in [4.78, 5) is 8.87. The van der Waals surface area contributed by atoms with Crippen molar-refractivity contribution in [3.05, 3.63) is 60.8 Å². The molecule has 29 heavy (non-hydrogen) atoms. The third kappa shape index (κ3) is 3.40. The summed E-state index contributed by atoms with van der Waals surface area (Å²) in [6.07, 6.45) is 5.12. The highest BCUT2D eigenvalue weighted by Gasteiger charge is 2.15. The number of ether oxygens (including phenoxy) is 3. The van der Waals surface area contributed by atoms with Crippen LogP contribution in [0.15, 0.2) is 55.0 Å². The second-order valence-electron chi connectivity index (χ2n) is 6.16. The van der Waals surface area contributed by atoms with Crippen molar-refractivity contribution in [2.45, 2.75) is 0 Å². The SMILES string of the molecule is COc1cc(Nc2nccn3c(-c4cccc(F)c4)cnc23)cc(OC)c1OC. The van der Waals surface area contributed by atoms with Crippen LogP contribution in [0.1, 0.15) is 0 Å². The second kappa shape index (κ2) is 7.67. The van der Waals surface area contributed by atoms with Gasteiger partial charge in [0, 0.05) is 35.8 Å². The third-order valence-electron chi connectivity index (χ3n) is 4.48. The van der Waals surface area contributed by atoms with Crippen molar-refractivity contribution in [1.29, 1.82) is 0 Å². The van der Waals surface area contributed by atoms with E-state index in [4.69, 9.17) is 14.2 Å². The van der Waals surface area contributed by atoms with Gasteiger partial charge in [-0.2, -0.15) is 0 Å². The summed E-state index contributed by atoms with van der Waals surface area (Å²) in [5.74, 6) is 1.77. The number of hydrogen-bond donors (Lipinski definition) is 1. The molecule has 1 N–H and O–H groups in total. The average molecular weight is 394 g/mol. The largest absolute Gasteiger partial charge is 0.493 e. The number of aromatic nitrogens is 3. The summed E-state index contributed by atoms with van der Waals surface area (Å²) in [7, 11) is 4.66. The highest BCUT2D eigenvalue weighted by atomic mass is 19.1. The molecule has 0 amide bonds. The normalized spacial score (nSPS) is 10.8. The van der Waals surface area contributed by atoms with Crippen LogP contribution >= 0.6 is 0 Å². The summed E-state index contributed by atoms with van der Waals surface area (Å²) in [6, 6.07) is 9.94. The van der Waals surface area contributed by atoms with Gasteiger partial charge in [-0.1, -0.05) is 12.1 Å². The molecule has 0 saturated heterocycles. The smallest absolute Gasteiger partial charge is 0.203 e. The molecule has 0 bridgehead atoms. The molecule has 0 atom stereocenters. The van der Waals surface area contributed by atoms with Crippen molar-refractivity contribution < 1.29 is 18.6 Å². The standard InChI is InChI=1S/C21H19FN4O3/c1-27-17-10-15(11-18(28-2)19(17)29-3)25-20-21-24-12-16(26(21)8-7-23-20)13-5-4-6-14(22)9-13/h4-12H,1-3H3,(H,23,25). The van der Waals surface area contributed by atoms with Gasteiger partial charge >= 0.3 is 0 Å². The number of methoxy groups -OCH3 is 3. The number of rotatable bonds is 6. The first-order valence-corrected chi connectivity index (χ1v) is 8.79. The minimum atomic E-state index is -0.303. The lowest BCUT2D eigenvalue weighted by Gasteiger charge is -2.15. The van der Waals surface area contributed by atoms with Gasteiger partial charge in [0.1, 0.15) is 5.82 Å². The van der Waals surface area contributed by atoms with Gasteiger partial charge in [-0.3, -0.25) is 4.40 Å². The van der Waals surface area contributed by atoms with Gasteiger partial charge in [-0.05, 0) is 12.1 Å². The molecular weight excluding hydrogens is 375 g/mol. The van der Waals surface area contributed by atoms with Crippen LogP contribution in [0, 0.1) is 5.82 Å². The summed E-state index contributed by atoms with van der Waals surface area (Å²) in [6.45, 7) is 0. The lowest BCUT2D eigenvalue weighted by Crippen LogP contribution is -2.01. The van der Waals surface area contributed by atoms with Crippen molar-refractivity contribution in [2.75, 3.05) is 26.6 Å². The minimum absolute atomic E-state index is 0.303. The first-order valence-electron chi connectivity index (χ1n) is 8.79. The predicted octanol–water partition coefficient (Wildman–Crippen LogP) is 4.30. The monoisotopic (exact) mass is 394 g/mol. The van der Waals surface area contributed by atoms with Crippen LogP contribution in [0.5, 0.6) is 17.2 Å². The topological polar surface area (TPSA) is 69.9 Å². The van der Waals surface area contributed by atoms with E-state index in [1.807, 2.05) is 10.5 Å². The molecule has 8 heteroatoms. The van der Waals surface area contributed by atoms with Gasteiger partial charge in [0.05, 0.1) is 33.2 Å². The van der Waals surface area contributed by atoms with Crippen molar-refractivity contribution in [2.24, 2.45) is 0 Å². The quantitative estimate of drug-likeness (QED) is 0.526. The molecule has 0 aliphatic heterocycles. The Bertz CT molecular complexity index is 1150. The highest BCUT2D eigenvalue weighted by Crippen LogP contribution is 2.40. The number of anilines is 2.